The van der Waals surface area contributed by atoms with Crippen LogP contribution in [0.3, 0.4) is 0 Å². The third-order valence-electron chi connectivity index (χ3n) is 5.06. The Hall–Kier alpha value is -2.64. The van der Waals surface area contributed by atoms with E-state index in [1.165, 1.54) is 12.1 Å². The number of ether oxygens (including phenoxy) is 1. The van der Waals surface area contributed by atoms with Crippen molar-refractivity contribution in [2.24, 2.45) is 5.92 Å². The number of benzene rings is 1. The van der Waals surface area contributed by atoms with Gasteiger partial charge in [0.15, 0.2) is 12.4 Å². The Morgan fingerprint density at radius 1 is 1.08 bits per heavy atom. The molecule has 0 aromatic heterocycles. The van der Waals surface area contributed by atoms with Gasteiger partial charge in [0.05, 0.1) is 4.92 Å². The average Bonchev–Trinajstić information content (AvgIpc) is 3.20. The van der Waals surface area contributed by atoms with Gasteiger partial charge in [-0.25, -0.2) is 0 Å². The molecular weight excluding hydrogens is 338 g/mol. The van der Waals surface area contributed by atoms with Crippen molar-refractivity contribution in [3.8, 4) is 5.75 Å². The van der Waals surface area contributed by atoms with Gasteiger partial charge in [0.2, 0.25) is 5.91 Å². The zero-order chi connectivity index (χ0) is 18.5. The maximum Gasteiger partial charge on any atom is 0.310 e. The minimum atomic E-state index is -0.535. The van der Waals surface area contributed by atoms with Crippen molar-refractivity contribution in [3.63, 3.8) is 0 Å². The van der Waals surface area contributed by atoms with Crippen LogP contribution >= 0.6 is 0 Å². The quantitative estimate of drug-likeness (QED) is 0.589. The molecule has 0 bridgehead atoms. The molecule has 0 N–H and O–H groups in total. The van der Waals surface area contributed by atoms with E-state index in [9.17, 15) is 19.7 Å². The molecular formula is C18H23N3O5. The van der Waals surface area contributed by atoms with Gasteiger partial charge in [-0.05, 0) is 18.9 Å². The number of hydrogen-bond acceptors (Lipinski definition) is 5. The van der Waals surface area contributed by atoms with Gasteiger partial charge >= 0.3 is 5.69 Å². The van der Waals surface area contributed by atoms with Crippen LogP contribution in [0.4, 0.5) is 5.69 Å². The Morgan fingerprint density at radius 3 is 2.35 bits per heavy atom. The topological polar surface area (TPSA) is 93.0 Å². The summed E-state index contributed by atoms with van der Waals surface area (Å²) in [7, 11) is 0. The molecule has 140 valence electrons. The highest BCUT2D eigenvalue weighted by atomic mass is 16.6. The zero-order valence-corrected chi connectivity index (χ0v) is 14.6. The van der Waals surface area contributed by atoms with Crippen LogP contribution in [0.1, 0.15) is 25.7 Å². The van der Waals surface area contributed by atoms with Gasteiger partial charge in [-0.1, -0.05) is 25.0 Å². The highest BCUT2D eigenvalue weighted by Gasteiger charge is 2.30. The molecule has 1 aliphatic carbocycles. The standard InChI is InChI=1S/C18H23N3O5/c22-17(13-26-16-8-4-3-7-15(16)21(24)25)19-9-11-20(12-10-19)18(23)14-5-1-2-6-14/h3-4,7-8,14H,1-2,5-6,9-13H2. The molecule has 0 unspecified atom stereocenters. The van der Waals surface area contributed by atoms with Crippen LogP contribution in [-0.2, 0) is 9.59 Å². The van der Waals surface area contributed by atoms with Crippen molar-refractivity contribution < 1.29 is 19.2 Å². The fourth-order valence-corrected chi connectivity index (χ4v) is 3.57. The summed E-state index contributed by atoms with van der Waals surface area (Å²) in [6.07, 6.45) is 4.19. The lowest BCUT2D eigenvalue weighted by molar-refractivity contribution is -0.385. The second kappa shape index (κ2) is 8.16. The summed E-state index contributed by atoms with van der Waals surface area (Å²) in [5.74, 6) is 0.224. The van der Waals surface area contributed by atoms with Gasteiger partial charge in [0.1, 0.15) is 0 Å². The van der Waals surface area contributed by atoms with E-state index in [4.69, 9.17) is 4.74 Å². The largest absolute Gasteiger partial charge is 0.477 e. The molecule has 2 fully saturated rings. The molecule has 26 heavy (non-hydrogen) atoms. The van der Waals surface area contributed by atoms with Crippen molar-refractivity contribution in [1.82, 2.24) is 9.80 Å². The lowest BCUT2D eigenvalue weighted by atomic mass is 10.1. The molecule has 1 aliphatic heterocycles. The molecule has 3 rings (SSSR count). The Kier molecular flexibility index (Phi) is 5.70. The Bertz CT molecular complexity index is 679. The van der Waals surface area contributed by atoms with Crippen molar-refractivity contribution in [2.75, 3.05) is 32.8 Å². The third-order valence-corrected chi connectivity index (χ3v) is 5.06. The summed E-state index contributed by atoms with van der Waals surface area (Å²) in [6, 6.07) is 5.99. The first-order valence-electron chi connectivity index (χ1n) is 8.99. The molecule has 0 radical (unpaired) electrons. The average molecular weight is 361 g/mol. The lowest BCUT2D eigenvalue weighted by Crippen LogP contribution is -2.52. The summed E-state index contributed by atoms with van der Waals surface area (Å²) < 4.78 is 5.36. The van der Waals surface area contributed by atoms with E-state index >= 15 is 0 Å². The Labute approximate surface area is 151 Å². The van der Waals surface area contributed by atoms with Gasteiger partial charge in [-0.15, -0.1) is 0 Å². The molecule has 8 nitrogen and oxygen atoms in total. The second-order valence-corrected chi connectivity index (χ2v) is 6.70. The number of para-hydroxylation sites is 2. The van der Waals surface area contributed by atoms with Gasteiger partial charge in [-0.3, -0.25) is 19.7 Å². The van der Waals surface area contributed by atoms with E-state index in [0.29, 0.717) is 26.2 Å². The zero-order valence-electron chi connectivity index (χ0n) is 14.6. The van der Waals surface area contributed by atoms with E-state index in [1.807, 2.05) is 4.90 Å². The fourth-order valence-electron chi connectivity index (χ4n) is 3.57. The maximum atomic E-state index is 12.4. The third kappa shape index (κ3) is 4.12. The van der Waals surface area contributed by atoms with Crippen molar-refractivity contribution in [3.05, 3.63) is 34.4 Å². The molecule has 1 aromatic rings. The van der Waals surface area contributed by atoms with Gasteiger partial charge in [0.25, 0.3) is 5.91 Å². The monoisotopic (exact) mass is 361 g/mol. The summed E-state index contributed by atoms with van der Waals surface area (Å²) in [4.78, 5) is 38.7. The molecule has 0 atom stereocenters. The number of nitrogens with zero attached hydrogens (tertiary/aromatic N) is 3. The second-order valence-electron chi connectivity index (χ2n) is 6.70. The molecule has 1 saturated carbocycles. The Morgan fingerprint density at radius 2 is 1.69 bits per heavy atom. The van der Waals surface area contributed by atoms with Crippen LogP contribution in [0.2, 0.25) is 0 Å². The first-order valence-corrected chi connectivity index (χ1v) is 8.99. The van der Waals surface area contributed by atoms with Crippen LogP contribution in [0.5, 0.6) is 5.75 Å². The lowest BCUT2D eigenvalue weighted by Gasteiger charge is -2.35. The summed E-state index contributed by atoms with van der Waals surface area (Å²) in [5, 5.41) is 11.0. The van der Waals surface area contributed by atoms with Crippen LogP contribution in [0, 0.1) is 16.0 Å². The molecule has 2 aliphatic rings. The number of piperazine rings is 1. The van der Waals surface area contributed by atoms with Crippen molar-refractivity contribution in [2.45, 2.75) is 25.7 Å². The minimum Gasteiger partial charge on any atom is -0.477 e. The van der Waals surface area contributed by atoms with Crippen LogP contribution in [0.25, 0.3) is 0 Å². The number of rotatable bonds is 5. The molecule has 1 aromatic carbocycles. The summed E-state index contributed by atoms with van der Waals surface area (Å²) >= 11 is 0. The van der Waals surface area contributed by atoms with Crippen LogP contribution in [-0.4, -0.2) is 59.3 Å². The van der Waals surface area contributed by atoms with Gasteiger partial charge < -0.3 is 14.5 Å². The van der Waals surface area contributed by atoms with Crippen molar-refractivity contribution >= 4 is 17.5 Å². The molecule has 0 spiro atoms. The Balaban J connectivity index is 1.48. The first kappa shape index (κ1) is 18.2. The number of carbonyl (C=O) groups excluding carboxylic acids is 2. The number of carbonyl (C=O) groups is 2. The van der Waals surface area contributed by atoms with Crippen LogP contribution < -0.4 is 4.74 Å². The predicted octanol–water partition coefficient (Wildman–Crippen LogP) is 1.83. The number of hydrogen-bond donors (Lipinski definition) is 0. The molecule has 8 heteroatoms. The highest BCUT2D eigenvalue weighted by molar-refractivity contribution is 5.80. The van der Waals surface area contributed by atoms with Gasteiger partial charge in [0, 0.05) is 38.2 Å². The number of nitro groups is 1. The molecule has 2 amide bonds. The van der Waals surface area contributed by atoms with Gasteiger partial charge in [-0.2, -0.15) is 0 Å². The summed E-state index contributed by atoms with van der Waals surface area (Å²) in [5.41, 5.74) is -0.160. The van der Waals surface area contributed by atoms with Crippen LogP contribution in [0.15, 0.2) is 24.3 Å². The number of nitro benzene ring substituents is 1. The van der Waals surface area contributed by atoms with E-state index in [1.54, 1.807) is 17.0 Å². The van der Waals surface area contributed by atoms with E-state index in [2.05, 4.69) is 0 Å². The minimum absolute atomic E-state index is 0.0842. The normalized spacial score (nSPS) is 18.0. The van der Waals surface area contributed by atoms with E-state index < -0.39 is 4.92 Å². The fraction of sp³-hybridized carbons (Fsp3) is 0.556. The smallest absolute Gasteiger partial charge is 0.310 e. The number of amides is 2. The summed E-state index contributed by atoms with van der Waals surface area (Å²) in [6.45, 7) is 1.76. The molecule has 1 saturated heterocycles. The van der Waals surface area contributed by atoms with E-state index in [-0.39, 0.29) is 35.8 Å². The first-order chi connectivity index (χ1) is 12.6. The SMILES string of the molecule is O=C(COc1ccccc1[N+](=O)[O-])N1CCN(C(=O)C2CCCC2)CC1. The van der Waals surface area contributed by atoms with E-state index in [0.717, 1.165) is 25.7 Å². The van der Waals surface area contributed by atoms with Crippen molar-refractivity contribution in [1.29, 1.82) is 0 Å². The maximum absolute atomic E-state index is 12.4. The predicted molar refractivity (Wildman–Crippen MR) is 93.7 cm³/mol. The molecule has 1 heterocycles. The highest BCUT2D eigenvalue weighted by Crippen LogP contribution is 2.27.